The second-order valence-corrected chi connectivity index (χ2v) is 6.34. The molecule has 1 heterocycles. The Morgan fingerprint density at radius 2 is 1.92 bits per heavy atom. The van der Waals surface area contributed by atoms with E-state index in [1.54, 1.807) is 30.5 Å². The Kier molecular flexibility index (Phi) is 6.81. The number of nitrogens with two attached hydrogens (primary N) is 1. The van der Waals surface area contributed by atoms with Gasteiger partial charge in [0.1, 0.15) is 12.4 Å². The van der Waals surface area contributed by atoms with Crippen LogP contribution < -0.4 is 15.8 Å². The van der Waals surface area contributed by atoms with Crippen molar-refractivity contribution in [2.24, 2.45) is 5.73 Å². The first-order valence-electron chi connectivity index (χ1n) is 7.62. The summed E-state index contributed by atoms with van der Waals surface area (Å²) >= 11 is 0. The summed E-state index contributed by atoms with van der Waals surface area (Å²) in [5.74, 6) is 0.554. The molecule has 0 aliphatic rings. The summed E-state index contributed by atoms with van der Waals surface area (Å²) in [6.45, 7) is 8.99. The number of anilines is 1. The van der Waals surface area contributed by atoms with Crippen molar-refractivity contribution in [1.29, 1.82) is 0 Å². The van der Waals surface area contributed by atoms with Crippen LogP contribution >= 0.6 is 12.4 Å². The van der Waals surface area contributed by atoms with Crippen LogP contribution in [-0.4, -0.2) is 28.8 Å². The molecule has 3 N–H and O–H groups in total. The van der Waals surface area contributed by atoms with Crippen LogP contribution in [0.4, 0.5) is 5.69 Å². The molecule has 0 saturated carbocycles. The molecule has 1 aromatic heterocycles. The quantitative estimate of drug-likeness (QED) is 0.866. The normalized spacial score (nSPS) is 10.9. The molecule has 1 aromatic carbocycles. The van der Waals surface area contributed by atoms with Crippen LogP contribution in [0.3, 0.4) is 0 Å². The van der Waals surface area contributed by atoms with E-state index in [9.17, 15) is 4.79 Å². The lowest BCUT2D eigenvalue weighted by Gasteiger charge is -2.21. The van der Waals surface area contributed by atoms with Gasteiger partial charge in [0, 0.05) is 17.9 Å². The number of hydrogen-bond donors (Lipinski definition) is 2. The largest absolute Gasteiger partial charge is 0.492 e. The predicted molar refractivity (Wildman–Crippen MR) is 98.2 cm³/mol. The Hall–Kier alpha value is -2.05. The van der Waals surface area contributed by atoms with E-state index in [4.69, 9.17) is 10.5 Å². The van der Waals surface area contributed by atoms with Gasteiger partial charge >= 0.3 is 0 Å². The molecule has 0 fully saturated rings. The molecule has 0 bridgehead atoms. The van der Waals surface area contributed by atoms with Crippen LogP contribution in [-0.2, 0) is 5.54 Å². The molecule has 2 rings (SSSR count). The van der Waals surface area contributed by atoms with Crippen LogP contribution in [0.5, 0.6) is 5.75 Å². The van der Waals surface area contributed by atoms with Crippen LogP contribution in [0.25, 0.3) is 0 Å². The lowest BCUT2D eigenvalue weighted by molar-refractivity contribution is 0.102. The first-order chi connectivity index (χ1) is 10.8. The van der Waals surface area contributed by atoms with Crippen molar-refractivity contribution in [3.05, 3.63) is 41.7 Å². The predicted octanol–water partition coefficient (Wildman–Crippen LogP) is 2.96. The molecule has 0 saturated heterocycles. The van der Waals surface area contributed by atoms with Crippen molar-refractivity contribution < 1.29 is 9.53 Å². The second kappa shape index (κ2) is 8.17. The third-order valence-electron chi connectivity index (χ3n) is 3.39. The van der Waals surface area contributed by atoms with Crippen molar-refractivity contribution >= 4 is 24.0 Å². The molecular weight excluding hydrogens is 328 g/mol. The lowest BCUT2D eigenvalue weighted by Crippen LogP contribution is -2.25. The fourth-order valence-electron chi connectivity index (χ4n) is 2.32. The summed E-state index contributed by atoms with van der Waals surface area (Å²) in [4.78, 5) is 12.4. The van der Waals surface area contributed by atoms with Crippen LogP contribution in [0.2, 0.25) is 0 Å². The van der Waals surface area contributed by atoms with Gasteiger partial charge in [0.05, 0.1) is 17.3 Å². The zero-order valence-corrected chi connectivity index (χ0v) is 15.3. The molecule has 7 heteroatoms. The average molecular weight is 353 g/mol. The smallest absolute Gasteiger partial charge is 0.259 e. The van der Waals surface area contributed by atoms with Gasteiger partial charge < -0.3 is 15.8 Å². The van der Waals surface area contributed by atoms with Gasteiger partial charge in [-0.3, -0.25) is 9.48 Å². The standard InChI is InChI=1S/C17H24N4O2.ClH/c1-12-15(11-19-21(12)17(2,3)4)16(22)20-13-5-7-14(8-6-13)23-10-9-18;/h5-8,11H,9-10,18H2,1-4H3,(H,20,22);1H. The van der Waals surface area contributed by atoms with Crippen molar-refractivity contribution in [2.75, 3.05) is 18.5 Å². The Labute approximate surface area is 148 Å². The Balaban J connectivity index is 0.00000288. The number of hydrogen-bond acceptors (Lipinski definition) is 4. The minimum Gasteiger partial charge on any atom is -0.492 e. The number of benzene rings is 1. The average Bonchev–Trinajstić information content (AvgIpc) is 2.88. The molecule has 6 nitrogen and oxygen atoms in total. The van der Waals surface area contributed by atoms with Crippen molar-refractivity contribution in [1.82, 2.24) is 9.78 Å². The summed E-state index contributed by atoms with van der Waals surface area (Å²) in [6, 6.07) is 7.20. The molecule has 132 valence electrons. The molecule has 2 aromatic rings. The van der Waals surface area contributed by atoms with E-state index in [0.29, 0.717) is 24.4 Å². The number of aromatic nitrogens is 2. The summed E-state index contributed by atoms with van der Waals surface area (Å²) in [7, 11) is 0. The van der Waals surface area contributed by atoms with Crippen LogP contribution in [0, 0.1) is 6.92 Å². The highest BCUT2D eigenvalue weighted by Gasteiger charge is 2.21. The molecule has 0 radical (unpaired) electrons. The van der Waals surface area contributed by atoms with Crippen LogP contribution in [0.1, 0.15) is 36.8 Å². The Morgan fingerprint density at radius 1 is 1.29 bits per heavy atom. The van der Waals surface area contributed by atoms with Gasteiger partial charge in [0.25, 0.3) is 5.91 Å². The highest BCUT2D eigenvalue weighted by atomic mass is 35.5. The SMILES string of the molecule is Cc1c(C(=O)Nc2ccc(OCCN)cc2)cnn1C(C)(C)C.Cl. The molecule has 0 aliphatic carbocycles. The Bertz CT molecular complexity index is 675. The highest BCUT2D eigenvalue weighted by molar-refractivity contribution is 6.04. The number of nitrogens with one attached hydrogen (secondary N) is 1. The minimum absolute atomic E-state index is 0. The molecule has 0 unspecified atom stereocenters. The molecule has 0 atom stereocenters. The van der Waals surface area contributed by atoms with Gasteiger partial charge in [-0.1, -0.05) is 0 Å². The van der Waals surface area contributed by atoms with Gasteiger partial charge in [0.15, 0.2) is 0 Å². The van der Waals surface area contributed by atoms with Gasteiger partial charge in [-0.2, -0.15) is 5.10 Å². The van der Waals surface area contributed by atoms with Gasteiger partial charge in [-0.15, -0.1) is 12.4 Å². The number of halogens is 1. The minimum atomic E-state index is -0.173. The van der Waals surface area contributed by atoms with Gasteiger partial charge in [-0.05, 0) is 52.0 Å². The van der Waals surface area contributed by atoms with Crippen molar-refractivity contribution in [3.8, 4) is 5.75 Å². The molecule has 24 heavy (non-hydrogen) atoms. The zero-order chi connectivity index (χ0) is 17.0. The van der Waals surface area contributed by atoms with Gasteiger partial charge in [-0.25, -0.2) is 0 Å². The van der Waals surface area contributed by atoms with E-state index < -0.39 is 0 Å². The van der Waals surface area contributed by atoms with E-state index in [2.05, 4.69) is 31.2 Å². The maximum atomic E-state index is 12.4. The summed E-state index contributed by atoms with van der Waals surface area (Å²) < 4.78 is 7.26. The van der Waals surface area contributed by atoms with E-state index in [1.165, 1.54) is 0 Å². The second-order valence-electron chi connectivity index (χ2n) is 6.34. The molecule has 0 spiro atoms. The Morgan fingerprint density at radius 3 is 2.42 bits per heavy atom. The van der Waals surface area contributed by atoms with Gasteiger partial charge in [0.2, 0.25) is 0 Å². The highest BCUT2D eigenvalue weighted by Crippen LogP contribution is 2.20. The topological polar surface area (TPSA) is 82.2 Å². The number of carbonyl (C=O) groups is 1. The van der Waals surface area contributed by atoms with Crippen LogP contribution in [0.15, 0.2) is 30.5 Å². The monoisotopic (exact) mass is 352 g/mol. The van der Waals surface area contributed by atoms with E-state index in [0.717, 1.165) is 11.4 Å². The van der Waals surface area contributed by atoms with Crippen molar-refractivity contribution in [2.45, 2.75) is 33.2 Å². The maximum Gasteiger partial charge on any atom is 0.259 e. The lowest BCUT2D eigenvalue weighted by atomic mass is 10.1. The van der Waals surface area contributed by atoms with E-state index >= 15 is 0 Å². The first-order valence-corrected chi connectivity index (χ1v) is 7.62. The summed E-state index contributed by atoms with van der Waals surface area (Å²) in [5, 5.41) is 7.20. The first kappa shape index (κ1) is 20.0. The third kappa shape index (κ3) is 4.72. The number of carbonyl (C=O) groups excluding carboxylic acids is 1. The fraction of sp³-hybridized carbons (Fsp3) is 0.412. The summed E-state index contributed by atoms with van der Waals surface area (Å²) in [6.07, 6.45) is 1.61. The molecule has 0 aliphatic heterocycles. The third-order valence-corrected chi connectivity index (χ3v) is 3.39. The molecule has 1 amide bonds. The van der Waals surface area contributed by atoms with E-state index in [-0.39, 0.29) is 23.9 Å². The summed E-state index contributed by atoms with van der Waals surface area (Å²) in [5.41, 5.74) is 7.36. The zero-order valence-electron chi connectivity index (χ0n) is 14.5. The molecular formula is C17H25ClN4O2. The number of nitrogens with zero attached hydrogens (tertiary/aromatic N) is 2. The fourth-order valence-corrected chi connectivity index (χ4v) is 2.32. The van der Waals surface area contributed by atoms with Crippen molar-refractivity contribution in [3.63, 3.8) is 0 Å². The number of rotatable bonds is 5. The number of amides is 1. The maximum absolute atomic E-state index is 12.4. The van der Waals surface area contributed by atoms with E-state index in [1.807, 2.05) is 11.6 Å². The number of ether oxygens (including phenoxy) is 1.